The summed E-state index contributed by atoms with van der Waals surface area (Å²) in [7, 11) is 0. The number of halogens is 1. The predicted molar refractivity (Wildman–Crippen MR) is 85.8 cm³/mol. The van der Waals surface area contributed by atoms with Crippen LogP contribution in [0.25, 0.3) is 11.3 Å². The largest absolute Gasteiger partial charge is 0.346 e. The maximum atomic E-state index is 12.0. The molecule has 3 rings (SSSR count). The van der Waals surface area contributed by atoms with Gasteiger partial charge in [0.15, 0.2) is 0 Å². The fraction of sp³-hybridized carbons (Fsp3) is 0.0714. The number of carbonyl (C=O) groups excluding carboxylic acids is 1. The molecule has 0 unspecified atom stereocenters. The van der Waals surface area contributed by atoms with Crippen LogP contribution in [-0.2, 0) is 6.54 Å². The molecule has 0 aliphatic rings. The predicted octanol–water partition coefficient (Wildman–Crippen LogP) is 3.85. The molecule has 3 aromatic heterocycles. The second-order valence-electron chi connectivity index (χ2n) is 4.15. The lowest BCUT2D eigenvalue weighted by molar-refractivity contribution is 0.0954. The summed E-state index contributed by atoms with van der Waals surface area (Å²) in [6.45, 7) is 0.327. The second-order valence-corrected chi connectivity index (χ2v) is 6.65. The fourth-order valence-electron chi connectivity index (χ4n) is 1.82. The molecule has 106 valence electrons. The van der Waals surface area contributed by atoms with Crippen molar-refractivity contribution in [1.82, 2.24) is 15.3 Å². The summed E-state index contributed by atoms with van der Waals surface area (Å²) < 4.78 is 0.596. The third kappa shape index (κ3) is 3.29. The van der Waals surface area contributed by atoms with Gasteiger partial charge in [-0.05, 0) is 23.6 Å². The Labute approximate surface area is 134 Å². The summed E-state index contributed by atoms with van der Waals surface area (Å²) in [5.41, 5.74) is 2.55. The minimum atomic E-state index is -0.158. The van der Waals surface area contributed by atoms with Crippen molar-refractivity contribution < 1.29 is 4.79 Å². The molecule has 21 heavy (non-hydrogen) atoms. The molecule has 0 saturated carbocycles. The van der Waals surface area contributed by atoms with Crippen LogP contribution >= 0.6 is 34.3 Å². The van der Waals surface area contributed by atoms with E-state index in [1.807, 2.05) is 16.8 Å². The summed E-state index contributed by atoms with van der Waals surface area (Å²) >= 11 is 8.68. The Hall–Kier alpha value is -1.76. The van der Waals surface area contributed by atoms with Crippen molar-refractivity contribution in [3.8, 4) is 11.3 Å². The summed E-state index contributed by atoms with van der Waals surface area (Å²) in [5, 5.41) is 6.84. The van der Waals surface area contributed by atoms with Gasteiger partial charge in [-0.2, -0.15) is 11.3 Å². The normalized spacial score (nSPS) is 10.5. The van der Waals surface area contributed by atoms with Crippen molar-refractivity contribution in [2.24, 2.45) is 0 Å². The Kier molecular flexibility index (Phi) is 4.28. The van der Waals surface area contributed by atoms with Gasteiger partial charge in [-0.15, -0.1) is 11.3 Å². The molecular formula is C14H10ClN3OS2. The molecular weight excluding hydrogens is 326 g/mol. The Bertz CT molecular complexity index is 755. The van der Waals surface area contributed by atoms with E-state index in [-0.39, 0.29) is 5.91 Å². The maximum Gasteiger partial charge on any atom is 0.261 e. The second kappa shape index (κ2) is 6.34. The topological polar surface area (TPSA) is 54.9 Å². The zero-order valence-electron chi connectivity index (χ0n) is 10.7. The lowest BCUT2D eigenvalue weighted by Gasteiger charge is -2.07. The monoisotopic (exact) mass is 335 g/mol. The number of hydrogen-bond acceptors (Lipinski definition) is 5. The maximum absolute atomic E-state index is 12.0. The van der Waals surface area contributed by atoms with E-state index in [1.165, 1.54) is 11.3 Å². The van der Waals surface area contributed by atoms with Crippen molar-refractivity contribution in [2.45, 2.75) is 6.54 Å². The first-order valence-corrected chi connectivity index (χ1v) is 8.24. The van der Waals surface area contributed by atoms with E-state index in [0.717, 1.165) is 17.0 Å². The SMILES string of the molecule is O=C(NCc1nccnc1-c1ccsc1)c1ccc(Cl)s1. The third-order valence-corrected chi connectivity index (χ3v) is 4.70. The molecule has 0 atom stereocenters. The Morgan fingerprint density at radius 1 is 1.24 bits per heavy atom. The zero-order valence-corrected chi connectivity index (χ0v) is 13.1. The Morgan fingerprint density at radius 3 is 2.81 bits per heavy atom. The number of nitrogens with zero attached hydrogens (tertiary/aromatic N) is 2. The molecule has 1 amide bonds. The highest BCUT2D eigenvalue weighted by Crippen LogP contribution is 2.23. The van der Waals surface area contributed by atoms with Gasteiger partial charge in [0, 0.05) is 23.3 Å². The summed E-state index contributed by atoms with van der Waals surface area (Å²) in [4.78, 5) is 21.3. The van der Waals surface area contributed by atoms with E-state index >= 15 is 0 Å². The molecule has 0 aliphatic carbocycles. The van der Waals surface area contributed by atoms with Crippen molar-refractivity contribution in [1.29, 1.82) is 0 Å². The highest BCUT2D eigenvalue weighted by molar-refractivity contribution is 7.18. The van der Waals surface area contributed by atoms with Crippen molar-refractivity contribution in [3.63, 3.8) is 0 Å². The number of hydrogen-bond donors (Lipinski definition) is 1. The van der Waals surface area contributed by atoms with E-state index in [0.29, 0.717) is 15.8 Å². The van der Waals surface area contributed by atoms with Crippen LogP contribution in [0.4, 0.5) is 0 Å². The molecule has 3 heterocycles. The molecule has 0 saturated heterocycles. The van der Waals surface area contributed by atoms with Gasteiger partial charge in [-0.25, -0.2) is 0 Å². The lowest BCUT2D eigenvalue weighted by atomic mass is 10.2. The average molecular weight is 336 g/mol. The highest BCUT2D eigenvalue weighted by Gasteiger charge is 2.12. The van der Waals surface area contributed by atoms with Crippen LogP contribution in [0.2, 0.25) is 4.34 Å². The fourth-order valence-corrected chi connectivity index (χ4v) is 3.42. The number of carbonyl (C=O) groups is 1. The average Bonchev–Trinajstić information content (AvgIpc) is 3.16. The van der Waals surface area contributed by atoms with E-state index in [4.69, 9.17) is 11.6 Å². The van der Waals surface area contributed by atoms with Gasteiger partial charge in [0.25, 0.3) is 5.91 Å². The van der Waals surface area contributed by atoms with Gasteiger partial charge in [0.05, 0.1) is 27.1 Å². The molecule has 4 nitrogen and oxygen atoms in total. The minimum absolute atomic E-state index is 0.158. The summed E-state index contributed by atoms with van der Waals surface area (Å²) in [6, 6.07) is 5.40. The van der Waals surface area contributed by atoms with Gasteiger partial charge in [-0.1, -0.05) is 11.6 Å². The van der Waals surface area contributed by atoms with Crippen LogP contribution < -0.4 is 5.32 Å². The number of amides is 1. The third-order valence-electron chi connectivity index (χ3n) is 2.78. The molecule has 0 fully saturated rings. The van der Waals surface area contributed by atoms with Crippen LogP contribution in [0.1, 0.15) is 15.4 Å². The van der Waals surface area contributed by atoms with Gasteiger partial charge in [0.2, 0.25) is 0 Å². The first-order chi connectivity index (χ1) is 10.2. The molecule has 7 heteroatoms. The molecule has 0 spiro atoms. The number of aromatic nitrogens is 2. The molecule has 0 aliphatic heterocycles. The lowest BCUT2D eigenvalue weighted by Crippen LogP contribution is -2.22. The van der Waals surface area contributed by atoms with Gasteiger partial charge < -0.3 is 5.32 Å². The Balaban J connectivity index is 1.75. The van der Waals surface area contributed by atoms with E-state index < -0.39 is 0 Å². The molecule has 1 N–H and O–H groups in total. The first kappa shape index (κ1) is 14.2. The smallest absolute Gasteiger partial charge is 0.261 e. The molecule has 0 radical (unpaired) electrons. The highest BCUT2D eigenvalue weighted by atomic mass is 35.5. The summed E-state index contributed by atoms with van der Waals surface area (Å²) in [6.07, 6.45) is 3.27. The minimum Gasteiger partial charge on any atom is -0.346 e. The number of nitrogens with one attached hydrogen (secondary N) is 1. The molecule has 0 aromatic carbocycles. The van der Waals surface area contributed by atoms with Gasteiger partial charge >= 0.3 is 0 Å². The van der Waals surface area contributed by atoms with Crippen molar-refractivity contribution in [3.05, 3.63) is 56.3 Å². The van der Waals surface area contributed by atoms with E-state index in [1.54, 1.807) is 35.9 Å². The zero-order chi connectivity index (χ0) is 14.7. The van der Waals surface area contributed by atoms with Gasteiger partial charge in [0.1, 0.15) is 0 Å². The number of thiophene rings is 2. The molecule has 0 bridgehead atoms. The molecule has 3 aromatic rings. The van der Waals surface area contributed by atoms with E-state index in [2.05, 4.69) is 15.3 Å². The van der Waals surface area contributed by atoms with E-state index in [9.17, 15) is 4.79 Å². The first-order valence-electron chi connectivity index (χ1n) is 6.10. The van der Waals surface area contributed by atoms with Crippen LogP contribution in [-0.4, -0.2) is 15.9 Å². The van der Waals surface area contributed by atoms with Crippen LogP contribution in [0.5, 0.6) is 0 Å². The van der Waals surface area contributed by atoms with Crippen LogP contribution in [0.3, 0.4) is 0 Å². The standard InChI is InChI=1S/C14H10ClN3OS2/c15-12-2-1-11(21-12)14(19)18-7-10-13(17-5-4-16-10)9-3-6-20-8-9/h1-6,8H,7H2,(H,18,19). The quantitative estimate of drug-likeness (QED) is 0.788. The van der Waals surface area contributed by atoms with Crippen LogP contribution in [0, 0.1) is 0 Å². The Morgan fingerprint density at radius 2 is 2.10 bits per heavy atom. The summed E-state index contributed by atoms with van der Waals surface area (Å²) in [5.74, 6) is -0.158. The van der Waals surface area contributed by atoms with Gasteiger partial charge in [-0.3, -0.25) is 14.8 Å². The van der Waals surface area contributed by atoms with Crippen molar-refractivity contribution in [2.75, 3.05) is 0 Å². The van der Waals surface area contributed by atoms with Crippen LogP contribution in [0.15, 0.2) is 41.4 Å². The van der Waals surface area contributed by atoms with Crippen molar-refractivity contribution >= 4 is 40.2 Å². The number of rotatable bonds is 4.